The molecule has 0 aromatic heterocycles. The van der Waals surface area contributed by atoms with E-state index < -0.39 is 5.60 Å². The fraction of sp³-hybridized carbons (Fsp3) is 0.458. The van der Waals surface area contributed by atoms with E-state index in [0.29, 0.717) is 23.1 Å². The van der Waals surface area contributed by atoms with Crippen LogP contribution in [-0.2, 0) is 5.60 Å². The molecular weight excluding hydrogens is 386 g/mol. The lowest BCUT2D eigenvalue weighted by Gasteiger charge is -2.45. The lowest BCUT2D eigenvalue weighted by Crippen LogP contribution is -2.47. The Balaban J connectivity index is 0.00000240. The highest BCUT2D eigenvalue weighted by Crippen LogP contribution is 2.54. The first kappa shape index (κ1) is 21.8. The average Bonchev–Trinajstić information content (AvgIpc) is 3.09. The highest BCUT2D eigenvalue weighted by Gasteiger charge is 2.51. The molecule has 2 fully saturated rings. The topological polar surface area (TPSA) is 49.8 Å². The second-order valence-electron chi connectivity index (χ2n) is 8.72. The summed E-state index contributed by atoms with van der Waals surface area (Å²) in [7, 11) is 4.14. The van der Waals surface area contributed by atoms with Crippen molar-refractivity contribution in [3.8, 4) is 5.75 Å². The van der Waals surface area contributed by atoms with E-state index in [-0.39, 0.29) is 24.3 Å². The van der Waals surface area contributed by atoms with Gasteiger partial charge in [0.05, 0.1) is 11.2 Å². The van der Waals surface area contributed by atoms with Gasteiger partial charge in [0.25, 0.3) is 0 Å². The summed E-state index contributed by atoms with van der Waals surface area (Å²) in [6.07, 6.45) is 4.43. The molecule has 0 saturated heterocycles. The van der Waals surface area contributed by atoms with Crippen LogP contribution < -0.4 is 4.74 Å². The summed E-state index contributed by atoms with van der Waals surface area (Å²) < 4.78 is 5.60. The van der Waals surface area contributed by atoms with Gasteiger partial charge in [-0.2, -0.15) is 0 Å². The zero-order valence-electron chi connectivity index (χ0n) is 17.1. The first-order valence-corrected chi connectivity index (χ1v) is 10.2. The van der Waals surface area contributed by atoms with Crippen LogP contribution in [0.5, 0.6) is 5.75 Å². The molecule has 2 aromatic carbocycles. The van der Waals surface area contributed by atoms with Crippen LogP contribution in [0.1, 0.15) is 41.6 Å². The summed E-state index contributed by atoms with van der Waals surface area (Å²) in [5.74, 6) is 1.45. The standard InChI is InChI=1S/C24H29NO3.ClH/c1-25(2)16-22-19-12-11-17(13-19)15-24(22,27)20-9-6-10-21(14-20)28-23(26)18-7-4-3-5-8-18;/h3-10,14,17,19,22,27H,11-13,15-16H2,1-2H3;1H. The third-order valence-electron chi connectivity index (χ3n) is 6.48. The van der Waals surface area contributed by atoms with Crippen molar-refractivity contribution < 1.29 is 14.6 Å². The normalized spacial score (nSPS) is 28.1. The van der Waals surface area contributed by atoms with Gasteiger partial charge in [0, 0.05) is 12.5 Å². The summed E-state index contributed by atoms with van der Waals surface area (Å²) >= 11 is 0. The van der Waals surface area contributed by atoms with Crippen molar-refractivity contribution in [3.05, 3.63) is 65.7 Å². The summed E-state index contributed by atoms with van der Waals surface area (Å²) in [6, 6.07) is 16.5. The Bertz CT molecular complexity index is 841. The molecule has 2 saturated carbocycles. The van der Waals surface area contributed by atoms with Gasteiger partial charge < -0.3 is 14.7 Å². The number of ether oxygens (including phenoxy) is 1. The number of carbonyl (C=O) groups excluding carboxylic acids is 1. The lowest BCUT2D eigenvalue weighted by molar-refractivity contribution is -0.0892. The number of esters is 1. The van der Waals surface area contributed by atoms with E-state index in [1.807, 2.05) is 36.4 Å². The molecule has 4 nitrogen and oxygen atoms in total. The molecule has 2 bridgehead atoms. The van der Waals surface area contributed by atoms with Crippen LogP contribution in [0.2, 0.25) is 0 Å². The minimum atomic E-state index is -0.872. The molecule has 0 amide bonds. The fourth-order valence-corrected chi connectivity index (χ4v) is 5.24. The SMILES string of the molecule is CN(C)CC1C2CCC(C2)CC1(O)c1cccc(OC(=O)c2ccccc2)c1.Cl. The first-order valence-electron chi connectivity index (χ1n) is 10.2. The summed E-state index contributed by atoms with van der Waals surface area (Å²) in [5, 5.41) is 11.8. The molecule has 0 spiro atoms. The predicted octanol–water partition coefficient (Wildman–Crippen LogP) is 4.51. The molecule has 2 aliphatic carbocycles. The van der Waals surface area contributed by atoms with Crippen molar-refractivity contribution >= 4 is 18.4 Å². The number of aliphatic hydroxyl groups is 1. The Morgan fingerprint density at radius 1 is 1.14 bits per heavy atom. The minimum Gasteiger partial charge on any atom is -0.423 e. The second kappa shape index (κ2) is 8.86. The van der Waals surface area contributed by atoms with Gasteiger partial charge in [-0.15, -0.1) is 12.4 Å². The number of hydrogen-bond donors (Lipinski definition) is 1. The van der Waals surface area contributed by atoms with Gasteiger partial charge >= 0.3 is 5.97 Å². The maximum atomic E-state index is 12.4. The largest absolute Gasteiger partial charge is 0.423 e. The zero-order chi connectivity index (χ0) is 19.7. The molecule has 2 aliphatic rings. The molecule has 4 atom stereocenters. The van der Waals surface area contributed by atoms with E-state index in [2.05, 4.69) is 19.0 Å². The quantitative estimate of drug-likeness (QED) is 0.576. The number of halogens is 1. The van der Waals surface area contributed by atoms with E-state index in [1.165, 1.54) is 19.3 Å². The number of carbonyl (C=O) groups is 1. The number of nitrogens with zero attached hydrogens (tertiary/aromatic N) is 1. The molecule has 156 valence electrons. The van der Waals surface area contributed by atoms with Crippen molar-refractivity contribution in [1.82, 2.24) is 4.90 Å². The van der Waals surface area contributed by atoms with Crippen molar-refractivity contribution in [1.29, 1.82) is 0 Å². The predicted molar refractivity (Wildman–Crippen MR) is 116 cm³/mol. The fourth-order valence-electron chi connectivity index (χ4n) is 5.24. The molecule has 5 heteroatoms. The van der Waals surface area contributed by atoms with Crippen molar-refractivity contribution in [2.24, 2.45) is 17.8 Å². The van der Waals surface area contributed by atoms with E-state index in [4.69, 9.17) is 4.74 Å². The second-order valence-corrected chi connectivity index (χ2v) is 8.72. The molecule has 2 aromatic rings. The van der Waals surface area contributed by atoms with Gasteiger partial charge in [-0.05, 0) is 75.0 Å². The Hall–Kier alpha value is -1.88. The average molecular weight is 416 g/mol. The summed E-state index contributed by atoms with van der Waals surface area (Å²) in [5.41, 5.74) is 0.519. The number of benzene rings is 2. The van der Waals surface area contributed by atoms with E-state index in [1.54, 1.807) is 18.2 Å². The van der Waals surface area contributed by atoms with Crippen LogP contribution in [0.25, 0.3) is 0 Å². The molecule has 29 heavy (non-hydrogen) atoms. The maximum Gasteiger partial charge on any atom is 0.343 e. The van der Waals surface area contributed by atoms with Gasteiger partial charge in [0.1, 0.15) is 5.75 Å². The third-order valence-corrected chi connectivity index (χ3v) is 6.48. The molecule has 0 heterocycles. The molecule has 4 unspecified atom stereocenters. The molecule has 0 radical (unpaired) electrons. The highest BCUT2D eigenvalue weighted by atomic mass is 35.5. The van der Waals surface area contributed by atoms with Crippen LogP contribution in [0.15, 0.2) is 54.6 Å². The Morgan fingerprint density at radius 3 is 2.62 bits per heavy atom. The van der Waals surface area contributed by atoms with E-state index in [0.717, 1.165) is 18.5 Å². The smallest absolute Gasteiger partial charge is 0.343 e. The number of hydrogen-bond acceptors (Lipinski definition) is 4. The van der Waals surface area contributed by atoms with Gasteiger partial charge in [-0.3, -0.25) is 0 Å². The summed E-state index contributed by atoms with van der Waals surface area (Å²) in [4.78, 5) is 14.6. The van der Waals surface area contributed by atoms with Crippen LogP contribution in [0, 0.1) is 17.8 Å². The Labute approximate surface area is 179 Å². The van der Waals surface area contributed by atoms with E-state index in [9.17, 15) is 9.90 Å². The van der Waals surface area contributed by atoms with Gasteiger partial charge in [0.2, 0.25) is 0 Å². The minimum absolute atomic E-state index is 0. The van der Waals surface area contributed by atoms with Crippen LogP contribution >= 0.6 is 12.4 Å². The van der Waals surface area contributed by atoms with Crippen molar-refractivity contribution in [2.45, 2.75) is 31.3 Å². The lowest BCUT2D eigenvalue weighted by atomic mass is 9.66. The monoisotopic (exact) mass is 415 g/mol. The van der Waals surface area contributed by atoms with Crippen molar-refractivity contribution in [2.75, 3.05) is 20.6 Å². The number of fused-ring (bicyclic) bond motifs is 2. The molecular formula is C24H30ClNO3. The van der Waals surface area contributed by atoms with E-state index >= 15 is 0 Å². The highest BCUT2D eigenvalue weighted by molar-refractivity contribution is 5.90. The van der Waals surface area contributed by atoms with Gasteiger partial charge in [-0.1, -0.05) is 36.8 Å². The third kappa shape index (κ3) is 4.50. The first-order chi connectivity index (χ1) is 13.5. The van der Waals surface area contributed by atoms with Crippen LogP contribution in [0.3, 0.4) is 0 Å². The summed E-state index contributed by atoms with van der Waals surface area (Å²) in [6.45, 7) is 0.863. The van der Waals surface area contributed by atoms with Gasteiger partial charge in [0.15, 0.2) is 0 Å². The Morgan fingerprint density at radius 2 is 1.90 bits per heavy atom. The number of rotatable bonds is 5. The van der Waals surface area contributed by atoms with Crippen molar-refractivity contribution in [3.63, 3.8) is 0 Å². The molecule has 1 N–H and O–H groups in total. The zero-order valence-corrected chi connectivity index (χ0v) is 17.9. The maximum absolute atomic E-state index is 12.4. The van der Waals surface area contributed by atoms with Gasteiger partial charge in [-0.25, -0.2) is 4.79 Å². The molecule has 4 rings (SSSR count). The van der Waals surface area contributed by atoms with Crippen LogP contribution in [0.4, 0.5) is 0 Å². The van der Waals surface area contributed by atoms with Crippen LogP contribution in [-0.4, -0.2) is 36.6 Å². The Kier molecular flexibility index (Phi) is 6.67. The molecule has 0 aliphatic heterocycles.